The summed E-state index contributed by atoms with van der Waals surface area (Å²) >= 11 is 0. The topological polar surface area (TPSA) is 272 Å². The van der Waals surface area contributed by atoms with E-state index < -0.39 is 131 Å². The van der Waals surface area contributed by atoms with Gasteiger partial charge in [0.15, 0.2) is 11.4 Å². The van der Waals surface area contributed by atoms with E-state index in [4.69, 9.17) is 33.2 Å². The molecular formula is C51H65N3O17. The number of hydrogen-bond acceptors (Lipinski definition) is 18. The van der Waals surface area contributed by atoms with Crippen molar-refractivity contribution in [1.29, 1.82) is 0 Å². The molecule has 71 heavy (non-hydrogen) atoms. The molecule has 0 radical (unpaired) electrons. The Bertz CT molecular complexity index is 2400. The minimum absolute atomic E-state index is 0.0482. The summed E-state index contributed by atoms with van der Waals surface area (Å²) in [6.45, 7) is 13.2. The maximum absolute atomic E-state index is 15.2. The van der Waals surface area contributed by atoms with E-state index in [2.05, 4.69) is 10.7 Å². The molecule has 2 aliphatic heterocycles. The van der Waals surface area contributed by atoms with Crippen LogP contribution in [-0.4, -0.2) is 148 Å². The maximum atomic E-state index is 15.2. The number of hydrogen-bond donors (Lipinski definition) is 5. The smallest absolute Gasteiger partial charge is 0.408 e. The predicted octanol–water partition coefficient (Wildman–Crippen LogP) is 2.95. The van der Waals surface area contributed by atoms with Crippen LogP contribution in [0.2, 0.25) is 0 Å². The summed E-state index contributed by atoms with van der Waals surface area (Å²) < 4.78 is 41.4. The molecule has 0 spiro atoms. The minimum Gasteiger partial charge on any atom is -0.455 e. The van der Waals surface area contributed by atoms with E-state index in [-0.39, 0.29) is 41.7 Å². The first kappa shape index (κ1) is 53.0. The van der Waals surface area contributed by atoms with E-state index in [1.54, 1.807) is 74.3 Å². The number of nitrogens with one attached hydrogen (secondary N) is 2. The van der Waals surface area contributed by atoms with Crippen LogP contribution in [0.3, 0.4) is 0 Å². The summed E-state index contributed by atoms with van der Waals surface area (Å²) in [6, 6.07) is 14.3. The molecule has 2 saturated carbocycles. The van der Waals surface area contributed by atoms with E-state index in [0.717, 1.165) is 6.92 Å². The van der Waals surface area contributed by atoms with E-state index in [9.17, 15) is 39.3 Å². The molecule has 386 valence electrons. The number of alkyl carbamates (subject to hydrolysis) is 1. The number of hydrazine groups is 1. The second-order valence-corrected chi connectivity index (χ2v) is 20.7. The van der Waals surface area contributed by atoms with Crippen molar-refractivity contribution in [2.75, 3.05) is 32.9 Å². The summed E-state index contributed by atoms with van der Waals surface area (Å²) in [5, 5.41) is 42.5. The van der Waals surface area contributed by atoms with Crippen LogP contribution in [0.5, 0.6) is 0 Å². The lowest BCUT2D eigenvalue weighted by Gasteiger charge is -2.68. The summed E-state index contributed by atoms with van der Waals surface area (Å²) in [4.78, 5) is 97.9. The van der Waals surface area contributed by atoms with Crippen LogP contribution in [0, 0.1) is 16.7 Å². The Labute approximate surface area is 411 Å². The second kappa shape index (κ2) is 20.4. The van der Waals surface area contributed by atoms with Gasteiger partial charge in [0.05, 0.1) is 43.8 Å². The number of morpholine rings is 1. The third-order valence-corrected chi connectivity index (χ3v) is 14.7. The molecule has 1 unspecified atom stereocenters. The number of nitrogens with zero attached hydrogens (tertiary/aromatic N) is 1. The first-order chi connectivity index (χ1) is 33.3. The zero-order valence-electron chi connectivity index (χ0n) is 41.3. The summed E-state index contributed by atoms with van der Waals surface area (Å²) in [6.07, 6.45) is -12.9. The Kier molecular flexibility index (Phi) is 15.2. The van der Waals surface area contributed by atoms with Crippen molar-refractivity contribution in [3.05, 3.63) is 82.9 Å². The Morgan fingerprint density at radius 2 is 1.55 bits per heavy atom. The number of ether oxygens (including phenoxy) is 7. The van der Waals surface area contributed by atoms with Gasteiger partial charge in [-0.3, -0.25) is 24.6 Å². The Hall–Kier alpha value is -5.77. The Morgan fingerprint density at radius 1 is 0.915 bits per heavy atom. The van der Waals surface area contributed by atoms with E-state index in [0.29, 0.717) is 26.3 Å². The molecule has 2 amide bonds. The number of amides is 2. The van der Waals surface area contributed by atoms with Gasteiger partial charge in [-0.15, -0.1) is 0 Å². The average molecular weight is 992 g/mol. The van der Waals surface area contributed by atoms with Crippen LogP contribution >= 0.6 is 0 Å². The van der Waals surface area contributed by atoms with Crippen LogP contribution in [0.4, 0.5) is 4.79 Å². The zero-order valence-corrected chi connectivity index (χ0v) is 41.3. The van der Waals surface area contributed by atoms with Gasteiger partial charge in [0.1, 0.15) is 41.7 Å². The molecule has 2 bridgehead atoms. The second-order valence-electron chi connectivity index (χ2n) is 20.7. The predicted molar refractivity (Wildman–Crippen MR) is 247 cm³/mol. The first-order valence-electron chi connectivity index (χ1n) is 23.8. The standard InChI is InChI=1S/C51H65N3O17/c1-28-32(67-45(62)40(68-36(58)20-19-35(57)53-54-21-23-65-24-22-54)38(30-15-11-9-12-16-30)52-46(63)71-47(3,4)5)26-51(64)43(69-44(61)31-17-13-10-14-18-31)41-49(8,42(60)39(59)37(28)48(51,6)7)33(56)25-34-50(41,27-66-34)70-29(2)55/h9-18,32-34,38,40-43,56,60,64H,19-27H2,1-8H3,(H,52,63)(H,53,57)/t32-,33-,34+,38-,40+,41-,42?,43-,49+,50-,51+/m0/s1. The molecule has 20 heteroatoms. The van der Waals surface area contributed by atoms with Crippen LogP contribution in [0.25, 0.3) is 0 Å². The van der Waals surface area contributed by atoms with Gasteiger partial charge in [-0.05, 0) is 51.0 Å². The van der Waals surface area contributed by atoms with Crippen LogP contribution in [0.1, 0.15) is 103 Å². The van der Waals surface area contributed by atoms with Gasteiger partial charge >= 0.3 is 30.0 Å². The van der Waals surface area contributed by atoms with Gasteiger partial charge in [0.2, 0.25) is 12.0 Å². The van der Waals surface area contributed by atoms with Crippen molar-refractivity contribution in [2.45, 2.75) is 141 Å². The largest absolute Gasteiger partial charge is 0.455 e. The molecule has 2 aromatic carbocycles. The van der Waals surface area contributed by atoms with Crippen LogP contribution in [0.15, 0.2) is 71.8 Å². The summed E-state index contributed by atoms with van der Waals surface area (Å²) in [5.74, 6) is -7.09. The summed E-state index contributed by atoms with van der Waals surface area (Å²) in [7, 11) is 0. The average Bonchev–Trinajstić information content (AvgIpc) is 3.30. The molecule has 20 nitrogen and oxygen atoms in total. The monoisotopic (exact) mass is 991 g/mol. The lowest BCUT2D eigenvalue weighted by Crippen LogP contribution is -2.82. The number of aliphatic hydroxyl groups is 3. The molecule has 0 aromatic heterocycles. The lowest BCUT2D eigenvalue weighted by molar-refractivity contribution is -0.357. The fourth-order valence-electron chi connectivity index (χ4n) is 11.0. The SMILES string of the molecule is CC(=O)O[C@@]12CO[C@@H]1C[C@H](O)[C@@]1(C)C(O)C(=O)C3=C(C)[C@@H](OC(=O)[C@H](OC(=O)CCC(=O)NN4CCOCC4)[C@@H](NC(=O)OC(C)(C)C)c4ccccc4)C[C@@](O)([C@@H](OC(=O)c4ccccc4)[C@H]21)C3(C)C. The van der Waals surface area contributed by atoms with Crippen molar-refractivity contribution in [3.63, 3.8) is 0 Å². The fraction of sp³-hybridized carbons (Fsp3) is 0.588. The zero-order chi connectivity index (χ0) is 51.8. The van der Waals surface area contributed by atoms with E-state index in [1.807, 2.05) is 0 Å². The lowest BCUT2D eigenvalue weighted by atomic mass is 9.44. The number of carbonyl (C=O) groups excluding carboxylic acids is 7. The quantitative estimate of drug-likeness (QED) is 0.143. The van der Waals surface area contributed by atoms with Crippen molar-refractivity contribution >= 4 is 41.7 Å². The van der Waals surface area contributed by atoms with Gasteiger partial charge in [-0.2, -0.15) is 0 Å². The number of rotatable bonds is 13. The molecule has 2 heterocycles. The highest BCUT2D eigenvalue weighted by Gasteiger charge is 2.78. The molecule has 2 aromatic rings. The van der Waals surface area contributed by atoms with Gasteiger partial charge in [0.25, 0.3) is 0 Å². The number of benzene rings is 2. The van der Waals surface area contributed by atoms with E-state index >= 15 is 9.59 Å². The molecule has 5 aliphatic rings. The molecule has 7 rings (SSSR count). The number of carbonyl (C=O) groups is 7. The Balaban J connectivity index is 1.32. The number of esters is 4. The van der Waals surface area contributed by atoms with Crippen molar-refractivity contribution in [1.82, 2.24) is 15.8 Å². The minimum atomic E-state index is -2.48. The van der Waals surface area contributed by atoms with E-state index in [1.165, 1.54) is 39.8 Å². The molecular weight excluding hydrogens is 927 g/mol. The van der Waals surface area contributed by atoms with Crippen molar-refractivity contribution < 1.29 is 82.0 Å². The number of aliphatic hydroxyl groups excluding tert-OH is 2. The number of fused-ring (bicyclic) bond motifs is 5. The Morgan fingerprint density at radius 3 is 2.14 bits per heavy atom. The molecule has 5 N–H and O–H groups in total. The van der Waals surface area contributed by atoms with Crippen LogP contribution in [-0.2, 0) is 57.1 Å². The van der Waals surface area contributed by atoms with Crippen LogP contribution < -0.4 is 10.7 Å². The highest BCUT2D eigenvalue weighted by Crippen LogP contribution is 2.64. The molecule has 3 aliphatic carbocycles. The maximum Gasteiger partial charge on any atom is 0.408 e. The highest BCUT2D eigenvalue weighted by atomic mass is 16.6. The highest BCUT2D eigenvalue weighted by molar-refractivity contribution is 6.02. The molecule has 4 fully saturated rings. The normalized spacial score (nSPS) is 31.1. The molecule has 2 saturated heterocycles. The van der Waals surface area contributed by atoms with Gasteiger partial charge in [0, 0.05) is 55.7 Å². The van der Waals surface area contributed by atoms with Crippen molar-refractivity contribution in [2.24, 2.45) is 16.7 Å². The van der Waals surface area contributed by atoms with Gasteiger partial charge < -0.3 is 53.8 Å². The van der Waals surface area contributed by atoms with Gasteiger partial charge in [-0.25, -0.2) is 19.4 Å². The van der Waals surface area contributed by atoms with Crippen molar-refractivity contribution in [3.8, 4) is 0 Å². The summed E-state index contributed by atoms with van der Waals surface area (Å²) in [5.41, 5.74) is -6.16. The first-order valence-corrected chi connectivity index (χ1v) is 23.8. The fourth-order valence-corrected chi connectivity index (χ4v) is 11.0. The number of ketones is 1. The third kappa shape index (κ3) is 10.3. The third-order valence-electron chi connectivity index (χ3n) is 14.7. The number of Topliss-reactive ketones (excluding diaryl/α,β-unsaturated/α-hetero) is 1. The van der Waals surface area contributed by atoms with Gasteiger partial charge in [-0.1, -0.05) is 69.3 Å². The molecule has 11 atom stereocenters.